The fourth-order valence-electron chi connectivity index (χ4n) is 3.30. The topological polar surface area (TPSA) is 20.3 Å². The van der Waals surface area contributed by atoms with Crippen LogP contribution in [0.3, 0.4) is 0 Å². The van der Waals surface area contributed by atoms with Crippen molar-refractivity contribution >= 4 is 11.5 Å². The molecule has 2 atom stereocenters. The number of halogens is 1. The molecule has 2 nitrogen and oxygen atoms in total. The second-order valence-corrected chi connectivity index (χ2v) is 6.43. The molecule has 0 heterocycles. The van der Waals surface area contributed by atoms with Gasteiger partial charge in [0.2, 0.25) is 0 Å². The first-order valence-electron chi connectivity index (χ1n) is 8.05. The van der Waals surface area contributed by atoms with E-state index in [-0.39, 0.29) is 11.7 Å². The van der Waals surface area contributed by atoms with Crippen molar-refractivity contribution in [2.24, 2.45) is 17.8 Å². The lowest BCUT2D eigenvalue weighted by Crippen LogP contribution is -2.38. The zero-order valence-electron chi connectivity index (χ0n) is 13.3. The Hall–Kier alpha value is -1.38. The number of anilines is 1. The van der Waals surface area contributed by atoms with E-state index < -0.39 is 0 Å². The maximum absolute atomic E-state index is 14.0. The van der Waals surface area contributed by atoms with E-state index >= 15 is 0 Å². The molecule has 1 aromatic rings. The SMILES string of the molecule is CCN(CC1CC(C(C)C)CCC1=O)c1ccccc1F. The molecule has 0 amide bonds. The van der Waals surface area contributed by atoms with E-state index in [2.05, 4.69) is 13.8 Å². The predicted octanol–water partition coefficient (Wildman–Crippen LogP) is 4.29. The van der Waals surface area contributed by atoms with Gasteiger partial charge >= 0.3 is 0 Å². The molecule has 116 valence electrons. The molecular formula is C18H26FNO. The van der Waals surface area contributed by atoms with Crippen LogP contribution in [0.2, 0.25) is 0 Å². The summed E-state index contributed by atoms with van der Waals surface area (Å²) < 4.78 is 14.0. The summed E-state index contributed by atoms with van der Waals surface area (Å²) in [4.78, 5) is 14.2. The van der Waals surface area contributed by atoms with E-state index in [1.54, 1.807) is 12.1 Å². The van der Waals surface area contributed by atoms with Crippen LogP contribution < -0.4 is 4.90 Å². The number of para-hydroxylation sites is 1. The molecule has 2 rings (SSSR count). The van der Waals surface area contributed by atoms with Crippen molar-refractivity contribution in [1.82, 2.24) is 0 Å². The summed E-state index contributed by atoms with van der Waals surface area (Å²) in [7, 11) is 0. The Kier molecular flexibility index (Phi) is 5.38. The Bertz CT molecular complexity index is 486. The van der Waals surface area contributed by atoms with Gasteiger partial charge in [0.25, 0.3) is 0 Å². The number of hydrogen-bond donors (Lipinski definition) is 0. The Morgan fingerprint density at radius 1 is 1.33 bits per heavy atom. The summed E-state index contributed by atoms with van der Waals surface area (Å²) in [6.45, 7) is 7.83. The molecule has 0 aliphatic heterocycles. The first-order chi connectivity index (χ1) is 10.0. The molecule has 1 saturated carbocycles. The molecule has 0 aromatic heterocycles. The minimum absolute atomic E-state index is 0.0470. The lowest BCUT2D eigenvalue weighted by molar-refractivity contribution is -0.125. The van der Waals surface area contributed by atoms with Gasteiger partial charge in [-0.25, -0.2) is 4.39 Å². The molecule has 1 aromatic carbocycles. The first-order valence-corrected chi connectivity index (χ1v) is 8.05. The monoisotopic (exact) mass is 291 g/mol. The molecule has 0 radical (unpaired) electrons. The van der Waals surface area contributed by atoms with E-state index in [1.807, 2.05) is 17.9 Å². The molecule has 0 spiro atoms. The minimum Gasteiger partial charge on any atom is -0.369 e. The smallest absolute Gasteiger partial charge is 0.146 e. The Morgan fingerprint density at radius 3 is 2.67 bits per heavy atom. The van der Waals surface area contributed by atoms with Crippen LogP contribution in [0.15, 0.2) is 24.3 Å². The van der Waals surface area contributed by atoms with Gasteiger partial charge in [0.15, 0.2) is 0 Å². The standard InChI is InChI=1S/C18H26FNO/c1-4-20(17-8-6-5-7-16(17)19)12-15-11-14(13(2)3)9-10-18(15)21/h5-8,13-15H,4,9-12H2,1-3H3. The number of ketones is 1. The summed E-state index contributed by atoms with van der Waals surface area (Å²) in [5.74, 6) is 1.42. The molecule has 2 unspecified atom stereocenters. The van der Waals surface area contributed by atoms with Crippen molar-refractivity contribution in [3.63, 3.8) is 0 Å². The summed E-state index contributed by atoms with van der Waals surface area (Å²) in [5, 5.41) is 0. The Morgan fingerprint density at radius 2 is 2.05 bits per heavy atom. The second kappa shape index (κ2) is 7.06. The summed E-state index contributed by atoms with van der Waals surface area (Å²) in [6.07, 6.45) is 2.64. The molecule has 0 saturated heterocycles. The lowest BCUT2D eigenvalue weighted by atomic mass is 9.75. The van der Waals surface area contributed by atoms with Gasteiger partial charge in [-0.3, -0.25) is 4.79 Å². The number of carbonyl (C=O) groups is 1. The number of carbonyl (C=O) groups excluding carboxylic acids is 1. The highest BCUT2D eigenvalue weighted by atomic mass is 19.1. The van der Waals surface area contributed by atoms with Gasteiger partial charge in [0.05, 0.1) is 5.69 Å². The third-order valence-corrected chi connectivity index (χ3v) is 4.76. The van der Waals surface area contributed by atoms with Gasteiger partial charge in [-0.05, 0) is 43.7 Å². The summed E-state index contributed by atoms with van der Waals surface area (Å²) in [6, 6.07) is 6.83. The molecular weight excluding hydrogens is 265 g/mol. The molecule has 3 heteroatoms. The fourth-order valence-corrected chi connectivity index (χ4v) is 3.30. The van der Waals surface area contributed by atoms with Gasteiger partial charge in [-0.1, -0.05) is 26.0 Å². The van der Waals surface area contributed by atoms with Crippen molar-refractivity contribution < 1.29 is 9.18 Å². The molecule has 1 fully saturated rings. The molecule has 1 aliphatic rings. The van der Waals surface area contributed by atoms with E-state index in [0.29, 0.717) is 36.3 Å². The van der Waals surface area contributed by atoms with Crippen LogP contribution >= 0.6 is 0 Å². The van der Waals surface area contributed by atoms with Crippen LogP contribution in [0.25, 0.3) is 0 Å². The fraction of sp³-hybridized carbons (Fsp3) is 0.611. The third kappa shape index (κ3) is 3.84. The van der Waals surface area contributed by atoms with Crippen LogP contribution in [-0.4, -0.2) is 18.9 Å². The van der Waals surface area contributed by atoms with Crippen LogP contribution in [0.1, 0.15) is 40.0 Å². The van der Waals surface area contributed by atoms with Crippen molar-refractivity contribution in [2.75, 3.05) is 18.0 Å². The highest BCUT2D eigenvalue weighted by molar-refractivity contribution is 5.82. The van der Waals surface area contributed by atoms with Crippen LogP contribution in [0, 0.1) is 23.6 Å². The highest BCUT2D eigenvalue weighted by Crippen LogP contribution is 2.33. The molecule has 0 bridgehead atoms. The molecule has 0 N–H and O–H groups in total. The van der Waals surface area contributed by atoms with Crippen molar-refractivity contribution in [2.45, 2.75) is 40.0 Å². The Balaban J connectivity index is 2.10. The van der Waals surface area contributed by atoms with Gasteiger partial charge in [0.1, 0.15) is 11.6 Å². The van der Waals surface area contributed by atoms with Gasteiger partial charge in [0, 0.05) is 25.4 Å². The van der Waals surface area contributed by atoms with Crippen molar-refractivity contribution in [1.29, 1.82) is 0 Å². The first kappa shape index (κ1) is 16.0. The maximum Gasteiger partial charge on any atom is 0.146 e. The van der Waals surface area contributed by atoms with Crippen molar-refractivity contribution in [3.8, 4) is 0 Å². The normalized spacial score (nSPS) is 22.6. The largest absolute Gasteiger partial charge is 0.369 e. The van der Waals surface area contributed by atoms with Gasteiger partial charge in [-0.2, -0.15) is 0 Å². The van der Waals surface area contributed by atoms with Crippen LogP contribution in [0.5, 0.6) is 0 Å². The van der Waals surface area contributed by atoms with Gasteiger partial charge in [-0.15, -0.1) is 0 Å². The number of nitrogens with zero attached hydrogens (tertiary/aromatic N) is 1. The Labute approximate surface area is 127 Å². The van der Waals surface area contributed by atoms with Crippen LogP contribution in [-0.2, 0) is 4.79 Å². The van der Waals surface area contributed by atoms with Crippen LogP contribution in [0.4, 0.5) is 10.1 Å². The minimum atomic E-state index is -0.206. The van der Waals surface area contributed by atoms with E-state index in [1.165, 1.54) is 6.07 Å². The van der Waals surface area contributed by atoms with E-state index in [0.717, 1.165) is 19.4 Å². The number of rotatable bonds is 5. The quantitative estimate of drug-likeness (QED) is 0.806. The predicted molar refractivity (Wildman–Crippen MR) is 85.0 cm³/mol. The number of hydrogen-bond acceptors (Lipinski definition) is 2. The van der Waals surface area contributed by atoms with Crippen molar-refractivity contribution in [3.05, 3.63) is 30.1 Å². The summed E-state index contributed by atoms with van der Waals surface area (Å²) in [5.41, 5.74) is 0.611. The third-order valence-electron chi connectivity index (χ3n) is 4.76. The highest BCUT2D eigenvalue weighted by Gasteiger charge is 2.31. The maximum atomic E-state index is 14.0. The van der Waals surface area contributed by atoms with Gasteiger partial charge < -0.3 is 4.90 Å². The average Bonchev–Trinajstić information content (AvgIpc) is 2.47. The molecule has 1 aliphatic carbocycles. The zero-order chi connectivity index (χ0) is 15.4. The lowest BCUT2D eigenvalue weighted by Gasteiger charge is -2.34. The second-order valence-electron chi connectivity index (χ2n) is 6.43. The molecule has 21 heavy (non-hydrogen) atoms. The number of benzene rings is 1. The van der Waals surface area contributed by atoms with E-state index in [4.69, 9.17) is 0 Å². The summed E-state index contributed by atoms with van der Waals surface area (Å²) >= 11 is 0. The van der Waals surface area contributed by atoms with E-state index in [9.17, 15) is 9.18 Å². The average molecular weight is 291 g/mol. The zero-order valence-corrected chi connectivity index (χ0v) is 13.3. The number of Topliss-reactive ketones (excluding diaryl/α,β-unsaturated/α-hetero) is 1.